The number of hydrogen-bond acceptors (Lipinski definition) is 5. The van der Waals surface area contributed by atoms with Gasteiger partial charge in [0.05, 0.1) is 12.1 Å². The van der Waals surface area contributed by atoms with Crippen molar-refractivity contribution in [2.45, 2.75) is 52.6 Å². The van der Waals surface area contributed by atoms with Gasteiger partial charge in [-0.15, -0.1) is 0 Å². The number of nitrogens with one attached hydrogen (secondary N) is 1. The van der Waals surface area contributed by atoms with Gasteiger partial charge in [0, 0.05) is 48.2 Å². The average Bonchev–Trinajstić information content (AvgIpc) is 3.24. The quantitative estimate of drug-likeness (QED) is 0.597. The molecule has 1 aromatic carbocycles. The number of aromatic nitrogens is 3. The van der Waals surface area contributed by atoms with Crippen LogP contribution in [0.2, 0.25) is 0 Å². The second-order valence-corrected chi connectivity index (χ2v) is 8.80. The van der Waals surface area contributed by atoms with Crippen molar-refractivity contribution < 1.29 is 9.18 Å². The molecule has 4 rings (SSSR count). The first-order valence-electron chi connectivity index (χ1n) is 11.4. The van der Waals surface area contributed by atoms with Crippen molar-refractivity contribution >= 4 is 5.91 Å². The molecule has 33 heavy (non-hydrogen) atoms. The van der Waals surface area contributed by atoms with Crippen LogP contribution in [0.1, 0.15) is 52.1 Å². The number of hydrogen-bond donors (Lipinski definition) is 1. The predicted molar refractivity (Wildman–Crippen MR) is 125 cm³/mol. The highest BCUT2D eigenvalue weighted by Crippen LogP contribution is 2.27. The third-order valence-corrected chi connectivity index (χ3v) is 6.15. The van der Waals surface area contributed by atoms with Crippen LogP contribution in [0.3, 0.4) is 0 Å². The third kappa shape index (κ3) is 5.99. The van der Waals surface area contributed by atoms with Crippen LogP contribution >= 0.6 is 0 Å². The van der Waals surface area contributed by atoms with Crippen molar-refractivity contribution in [3.63, 3.8) is 0 Å². The molecule has 2 aromatic heterocycles. The maximum Gasteiger partial charge on any atom is 0.224 e. The van der Waals surface area contributed by atoms with Crippen molar-refractivity contribution in [1.82, 2.24) is 25.2 Å². The standard InChI is InChI=1S/C26H30FN5O/c1-17-5-4-6-23(29-17)16-32-12-11-21(15-32)26-30-18(2)24(19(3)31-26)13-25(33)28-14-20-7-9-22(27)10-8-20/h4-10,21H,11-16H2,1-3H3,(H,28,33). The zero-order valence-electron chi connectivity index (χ0n) is 19.4. The van der Waals surface area contributed by atoms with Crippen LogP contribution in [0.4, 0.5) is 4.39 Å². The van der Waals surface area contributed by atoms with Gasteiger partial charge in [0.15, 0.2) is 0 Å². The number of rotatable bonds is 7. The number of halogens is 1. The summed E-state index contributed by atoms with van der Waals surface area (Å²) in [5.74, 6) is 0.763. The minimum Gasteiger partial charge on any atom is -0.352 e. The minimum atomic E-state index is -0.286. The zero-order valence-corrected chi connectivity index (χ0v) is 19.4. The lowest BCUT2D eigenvalue weighted by molar-refractivity contribution is -0.120. The first-order valence-corrected chi connectivity index (χ1v) is 11.4. The maximum absolute atomic E-state index is 13.0. The first-order chi connectivity index (χ1) is 15.9. The Hall–Kier alpha value is -3.19. The van der Waals surface area contributed by atoms with Crippen molar-refractivity contribution in [1.29, 1.82) is 0 Å². The van der Waals surface area contributed by atoms with Crippen LogP contribution in [-0.4, -0.2) is 38.8 Å². The molecule has 172 valence electrons. The highest BCUT2D eigenvalue weighted by molar-refractivity contribution is 5.79. The maximum atomic E-state index is 13.0. The second kappa shape index (κ2) is 10.2. The largest absolute Gasteiger partial charge is 0.352 e. The van der Waals surface area contributed by atoms with Gasteiger partial charge in [-0.25, -0.2) is 14.4 Å². The lowest BCUT2D eigenvalue weighted by Crippen LogP contribution is -2.26. The summed E-state index contributed by atoms with van der Waals surface area (Å²) in [4.78, 5) is 29.1. The molecule has 1 N–H and O–H groups in total. The molecule has 0 bridgehead atoms. The Morgan fingerprint density at radius 1 is 1.06 bits per heavy atom. The van der Waals surface area contributed by atoms with Crippen molar-refractivity contribution in [2.75, 3.05) is 13.1 Å². The van der Waals surface area contributed by atoms with Crippen LogP contribution in [-0.2, 0) is 24.3 Å². The molecule has 6 nitrogen and oxygen atoms in total. The summed E-state index contributed by atoms with van der Waals surface area (Å²) >= 11 is 0. The summed E-state index contributed by atoms with van der Waals surface area (Å²) in [7, 11) is 0. The zero-order chi connectivity index (χ0) is 23.4. The van der Waals surface area contributed by atoms with Gasteiger partial charge in [-0.3, -0.25) is 14.7 Å². The molecule has 3 heterocycles. The van der Waals surface area contributed by atoms with Crippen LogP contribution < -0.4 is 5.32 Å². The molecule has 1 saturated heterocycles. The molecule has 1 fully saturated rings. The van der Waals surface area contributed by atoms with Gasteiger partial charge in [0.2, 0.25) is 5.91 Å². The summed E-state index contributed by atoms with van der Waals surface area (Å²) < 4.78 is 13.0. The minimum absolute atomic E-state index is 0.0976. The summed E-state index contributed by atoms with van der Waals surface area (Å²) in [5, 5.41) is 2.89. The highest BCUT2D eigenvalue weighted by atomic mass is 19.1. The van der Waals surface area contributed by atoms with Crippen molar-refractivity contribution in [3.8, 4) is 0 Å². The molecule has 0 radical (unpaired) electrons. The molecule has 1 atom stereocenters. The van der Waals surface area contributed by atoms with E-state index < -0.39 is 0 Å². The SMILES string of the molecule is Cc1cccc(CN2CCC(c3nc(C)c(CC(=O)NCc4ccc(F)cc4)c(C)n3)C2)n1. The lowest BCUT2D eigenvalue weighted by atomic mass is 10.0. The Morgan fingerprint density at radius 3 is 2.48 bits per heavy atom. The monoisotopic (exact) mass is 447 g/mol. The van der Waals surface area contributed by atoms with E-state index in [1.54, 1.807) is 12.1 Å². The summed E-state index contributed by atoms with van der Waals surface area (Å²) in [6.45, 7) is 9.02. The predicted octanol–water partition coefficient (Wildman–Crippen LogP) is 3.78. The van der Waals surface area contributed by atoms with Crippen LogP contribution in [0.5, 0.6) is 0 Å². The van der Waals surface area contributed by atoms with Gasteiger partial charge >= 0.3 is 0 Å². The van der Waals surface area contributed by atoms with Gasteiger partial charge in [0.1, 0.15) is 11.6 Å². The number of carbonyl (C=O) groups excluding carboxylic acids is 1. The van der Waals surface area contributed by atoms with Crippen LogP contribution in [0, 0.1) is 26.6 Å². The molecule has 0 saturated carbocycles. The third-order valence-electron chi connectivity index (χ3n) is 6.15. The first kappa shape index (κ1) is 23.0. The number of aryl methyl sites for hydroxylation is 3. The number of amides is 1. The topological polar surface area (TPSA) is 71.0 Å². The molecule has 7 heteroatoms. The second-order valence-electron chi connectivity index (χ2n) is 8.80. The van der Waals surface area contributed by atoms with Gasteiger partial charge in [0.25, 0.3) is 0 Å². The average molecular weight is 448 g/mol. The lowest BCUT2D eigenvalue weighted by Gasteiger charge is -2.17. The Morgan fingerprint density at radius 2 is 1.79 bits per heavy atom. The smallest absolute Gasteiger partial charge is 0.224 e. The van der Waals surface area contributed by atoms with Crippen molar-refractivity contribution in [2.24, 2.45) is 0 Å². The number of carbonyl (C=O) groups is 1. The fourth-order valence-corrected chi connectivity index (χ4v) is 4.33. The molecule has 1 amide bonds. The molecule has 0 aliphatic carbocycles. The summed E-state index contributed by atoms with van der Waals surface area (Å²) in [6, 6.07) is 12.3. The highest BCUT2D eigenvalue weighted by Gasteiger charge is 2.27. The van der Waals surface area contributed by atoms with Gasteiger partial charge < -0.3 is 5.32 Å². The van der Waals surface area contributed by atoms with Crippen LogP contribution in [0.15, 0.2) is 42.5 Å². The number of nitrogens with zero attached hydrogens (tertiary/aromatic N) is 4. The Labute approximate surface area is 194 Å². The molecule has 1 aliphatic heterocycles. The Balaban J connectivity index is 1.35. The van der Waals surface area contributed by atoms with E-state index in [0.717, 1.165) is 65.8 Å². The normalized spacial score (nSPS) is 16.2. The molecule has 1 unspecified atom stereocenters. The summed E-state index contributed by atoms with van der Waals surface area (Å²) in [6.07, 6.45) is 1.25. The van der Waals surface area contributed by atoms with E-state index in [1.165, 1.54) is 12.1 Å². The molecular weight excluding hydrogens is 417 g/mol. The van der Waals surface area contributed by atoms with Gasteiger partial charge in [-0.1, -0.05) is 18.2 Å². The van der Waals surface area contributed by atoms with E-state index in [0.29, 0.717) is 6.54 Å². The molecule has 0 spiro atoms. The van der Waals surface area contributed by atoms with Crippen LogP contribution in [0.25, 0.3) is 0 Å². The molecule has 1 aliphatic rings. The van der Waals surface area contributed by atoms with E-state index in [1.807, 2.05) is 26.8 Å². The number of benzene rings is 1. The van der Waals surface area contributed by atoms with E-state index >= 15 is 0 Å². The van der Waals surface area contributed by atoms with E-state index in [9.17, 15) is 9.18 Å². The molecular formula is C26H30FN5O. The van der Waals surface area contributed by atoms with E-state index in [2.05, 4.69) is 27.3 Å². The fraction of sp³-hybridized carbons (Fsp3) is 0.385. The Kier molecular flexibility index (Phi) is 7.08. The van der Waals surface area contributed by atoms with Gasteiger partial charge in [-0.2, -0.15) is 0 Å². The molecule has 3 aromatic rings. The van der Waals surface area contributed by atoms with E-state index in [4.69, 9.17) is 9.97 Å². The number of pyridine rings is 1. The van der Waals surface area contributed by atoms with E-state index in [-0.39, 0.29) is 24.1 Å². The van der Waals surface area contributed by atoms with Gasteiger partial charge in [-0.05, 0) is 63.6 Å². The van der Waals surface area contributed by atoms with Crippen molar-refractivity contribution in [3.05, 3.63) is 88.0 Å². The number of likely N-dealkylation sites (tertiary alicyclic amines) is 1. The Bertz CT molecular complexity index is 1110. The fourth-order valence-electron chi connectivity index (χ4n) is 4.33. The summed E-state index contributed by atoms with van der Waals surface area (Å²) in [5.41, 5.74) is 5.56.